The Hall–Kier alpha value is -3.75. The zero-order chi connectivity index (χ0) is 40.2. The summed E-state index contributed by atoms with van der Waals surface area (Å²) in [6.45, 7) is 0. The van der Waals surface area contributed by atoms with Crippen LogP contribution in [0.1, 0.15) is 135 Å². The molecule has 7 saturated carbocycles. The molecular weight excluding hydrogens is 729 g/mol. The number of nitrogens with two attached hydrogens (primary N) is 2. The Morgan fingerprint density at radius 2 is 0.509 bits per heavy atom. The molecule has 0 bridgehead atoms. The zero-order valence-corrected chi connectivity index (χ0v) is 33.4. The van der Waals surface area contributed by atoms with Gasteiger partial charge >= 0.3 is 0 Å². The molecule has 0 aromatic carbocycles. The zero-order valence-electron chi connectivity index (χ0n) is 33.4. The first-order valence-electron chi connectivity index (χ1n) is 22.4. The molecule has 7 aliphatic rings. The van der Waals surface area contributed by atoms with Crippen LogP contribution < -0.4 is 43.4 Å². The quantitative estimate of drug-likeness (QED) is 0.135. The van der Waals surface area contributed by atoms with E-state index in [1.807, 2.05) is 0 Å². The van der Waals surface area contributed by atoms with Gasteiger partial charge in [-0.05, 0) is 89.9 Å². The van der Waals surface area contributed by atoms with Crippen LogP contribution in [0.15, 0.2) is 0 Å². The minimum absolute atomic E-state index is 0.0506. The van der Waals surface area contributed by atoms with E-state index in [1.54, 1.807) is 0 Å². The molecule has 10 N–H and O–H groups in total. The molecule has 15 heteroatoms. The SMILES string of the molecule is NC(=O)[C@H]1CCC[C@H]1NC(=O)[C@@H]1CCC[C@@H]1NC(=O)[C@H]1CCC[C@H]1NC(=O)[C@@H]1CCC[C@@H]1NC(=O)[C@H]1CCC[C@H]1NC(=O)[C@@H]1CCC[C@@H]1NC(=O)[C@H]1CCC[C@H]1N. The van der Waals surface area contributed by atoms with E-state index in [4.69, 9.17) is 11.5 Å². The third-order valence-electron chi connectivity index (χ3n) is 15.0. The maximum atomic E-state index is 13.8. The maximum absolute atomic E-state index is 13.8. The Balaban J connectivity index is 0.882. The van der Waals surface area contributed by atoms with Gasteiger partial charge in [-0.25, -0.2) is 0 Å². The van der Waals surface area contributed by atoms with Crippen LogP contribution in [-0.2, 0) is 33.6 Å². The first-order valence-corrected chi connectivity index (χ1v) is 22.4. The van der Waals surface area contributed by atoms with E-state index >= 15 is 0 Å². The summed E-state index contributed by atoms with van der Waals surface area (Å²) in [6, 6.07) is -1.88. The topological polar surface area (TPSA) is 244 Å². The first-order chi connectivity index (χ1) is 27.5. The summed E-state index contributed by atoms with van der Waals surface area (Å²) in [5.41, 5.74) is 11.7. The highest BCUT2D eigenvalue weighted by atomic mass is 16.2. The van der Waals surface area contributed by atoms with Gasteiger partial charge in [0, 0.05) is 42.3 Å². The summed E-state index contributed by atoms with van der Waals surface area (Å²) in [4.78, 5) is 93.0. The molecule has 14 atom stereocenters. The number of carbonyl (C=O) groups is 7. The van der Waals surface area contributed by atoms with Crippen molar-refractivity contribution >= 4 is 41.4 Å². The van der Waals surface area contributed by atoms with E-state index in [-0.39, 0.29) is 107 Å². The predicted molar refractivity (Wildman–Crippen MR) is 210 cm³/mol. The highest BCUT2D eigenvalue weighted by Gasteiger charge is 2.45. The number of carbonyl (C=O) groups excluding carboxylic acids is 7. The van der Waals surface area contributed by atoms with Gasteiger partial charge in [0.25, 0.3) is 0 Å². The Bertz CT molecular complexity index is 1540. The number of hydrogen-bond donors (Lipinski definition) is 8. The Morgan fingerprint density at radius 3 is 0.754 bits per heavy atom. The summed E-state index contributed by atoms with van der Waals surface area (Å²) in [6.07, 6.45) is 15.7. The van der Waals surface area contributed by atoms with Crippen LogP contribution in [0.3, 0.4) is 0 Å². The van der Waals surface area contributed by atoms with E-state index in [1.165, 1.54) is 0 Å². The molecule has 7 amide bonds. The van der Waals surface area contributed by atoms with Crippen LogP contribution in [0.2, 0.25) is 0 Å². The lowest BCUT2D eigenvalue weighted by Gasteiger charge is -2.29. The lowest BCUT2D eigenvalue weighted by Crippen LogP contribution is -2.53. The van der Waals surface area contributed by atoms with Crippen LogP contribution in [0, 0.1) is 41.4 Å². The summed E-state index contributed by atoms with van der Waals surface area (Å²) >= 11 is 0. The highest BCUT2D eigenvalue weighted by molar-refractivity contribution is 5.88. The molecule has 0 spiro atoms. The van der Waals surface area contributed by atoms with Crippen molar-refractivity contribution in [2.45, 2.75) is 177 Å². The standard InChI is InChI=1S/C42H66N8O7/c43-29-15-1-8-22(29)37(52)46-31-17-3-10-24(31)39(54)48-33-19-5-12-26(33)41(56)50-35-21-7-14-28(35)42(57)49-34-20-6-13-27(34)40(55)47-32-18-4-11-25(32)38(53)45-30-16-2-9-23(30)36(44)51/h22-35H,1-21,43H2,(H2,44,51)(H,45,53)(H,46,52)(H,47,55)(H,48,54)(H,49,57)(H,50,56)/t22-,23-,24+,25+,26-,27-,28+,29+,30+,31-,32-,33+,34+,35-/m0/s1. The normalized spacial score (nSPS) is 38.8. The van der Waals surface area contributed by atoms with E-state index in [0.717, 1.165) is 70.6 Å². The Morgan fingerprint density at radius 1 is 0.298 bits per heavy atom. The van der Waals surface area contributed by atoms with Gasteiger partial charge in [-0.3, -0.25) is 33.6 Å². The molecule has 7 rings (SSSR count). The fourth-order valence-electron chi connectivity index (χ4n) is 11.8. The van der Waals surface area contributed by atoms with Crippen molar-refractivity contribution < 1.29 is 33.6 Å². The van der Waals surface area contributed by atoms with Gasteiger partial charge in [0.05, 0.1) is 41.4 Å². The third kappa shape index (κ3) is 9.44. The second kappa shape index (κ2) is 18.4. The molecule has 0 aromatic rings. The van der Waals surface area contributed by atoms with Gasteiger partial charge in [0.1, 0.15) is 0 Å². The van der Waals surface area contributed by atoms with Gasteiger partial charge in [-0.1, -0.05) is 44.9 Å². The summed E-state index contributed by atoms with van der Waals surface area (Å²) in [5, 5.41) is 18.9. The van der Waals surface area contributed by atoms with E-state index in [9.17, 15) is 33.6 Å². The number of amides is 7. The second-order valence-corrected chi connectivity index (χ2v) is 18.5. The lowest BCUT2D eigenvalue weighted by molar-refractivity contribution is -0.131. The second-order valence-electron chi connectivity index (χ2n) is 18.5. The first kappa shape index (κ1) is 41.4. The van der Waals surface area contributed by atoms with Crippen molar-refractivity contribution in [1.82, 2.24) is 31.9 Å². The Labute approximate surface area is 336 Å². The van der Waals surface area contributed by atoms with Crippen LogP contribution in [-0.4, -0.2) is 83.6 Å². The molecule has 0 aliphatic heterocycles. The number of hydrogen-bond acceptors (Lipinski definition) is 8. The molecule has 7 fully saturated rings. The Kier molecular flexibility index (Phi) is 13.4. The van der Waals surface area contributed by atoms with E-state index in [2.05, 4.69) is 31.9 Å². The average molecular weight is 795 g/mol. The number of rotatable bonds is 13. The van der Waals surface area contributed by atoms with Crippen molar-refractivity contribution in [2.75, 3.05) is 0 Å². The van der Waals surface area contributed by atoms with Crippen molar-refractivity contribution in [1.29, 1.82) is 0 Å². The fourth-order valence-corrected chi connectivity index (χ4v) is 11.8. The lowest BCUT2D eigenvalue weighted by atomic mass is 9.95. The minimum Gasteiger partial charge on any atom is -0.369 e. The number of nitrogens with one attached hydrogen (secondary N) is 6. The molecule has 57 heavy (non-hydrogen) atoms. The average Bonchev–Trinajstić information content (AvgIpc) is 4.01. The van der Waals surface area contributed by atoms with Gasteiger partial charge in [0.2, 0.25) is 41.4 Å². The minimum atomic E-state index is -0.411. The van der Waals surface area contributed by atoms with Crippen molar-refractivity contribution in [3.63, 3.8) is 0 Å². The van der Waals surface area contributed by atoms with Crippen LogP contribution in [0.5, 0.6) is 0 Å². The predicted octanol–water partition coefficient (Wildman–Crippen LogP) is 1.31. The smallest absolute Gasteiger partial charge is 0.225 e. The van der Waals surface area contributed by atoms with Crippen molar-refractivity contribution in [3.05, 3.63) is 0 Å². The van der Waals surface area contributed by atoms with Crippen molar-refractivity contribution in [2.24, 2.45) is 52.9 Å². The molecule has 7 aliphatic carbocycles. The van der Waals surface area contributed by atoms with Crippen LogP contribution >= 0.6 is 0 Å². The van der Waals surface area contributed by atoms with Crippen LogP contribution in [0.25, 0.3) is 0 Å². The van der Waals surface area contributed by atoms with E-state index in [0.29, 0.717) is 64.2 Å². The maximum Gasteiger partial charge on any atom is 0.225 e. The molecule has 0 heterocycles. The van der Waals surface area contributed by atoms with E-state index < -0.39 is 17.8 Å². The summed E-state index contributed by atoms with van der Waals surface area (Å²) < 4.78 is 0. The molecule has 0 radical (unpaired) electrons. The fraction of sp³-hybridized carbons (Fsp3) is 0.833. The van der Waals surface area contributed by atoms with Crippen molar-refractivity contribution in [3.8, 4) is 0 Å². The van der Waals surface area contributed by atoms with Gasteiger partial charge in [-0.2, -0.15) is 0 Å². The third-order valence-corrected chi connectivity index (χ3v) is 15.0. The summed E-state index contributed by atoms with van der Waals surface area (Å²) in [7, 11) is 0. The highest BCUT2D eigenvalue weighted by Crippen LogP contribution is 2.35. The molecular formula is C42H66N8O7. The monoisotopic (exact) mass is 795 g/mol. The molecule has 0 unspecified atom stereocenters. The van der Waals surface area contributed by atoms with Gasteiger partial charge in [0.15, 0.2) is 0 Å². The van der Waals surface area contributed by atoms with Gasteiger partial charge < -0.3 is 43.4 Å². The van der Waals surface area contributed by atoms with Crippen LogP contribution in [0.4, 0.5) is 0 Å². The van der Waals surface area contributed by atoms with Gasteiger partial charge in [-0.15, -0.1) is 0 Å². The number of primary amides is 1. The molecule has 0 aromatic heterocycles. The molecule has 15 nitrogen and oxygen atoms in total. The summed E-state index contributed by atoms with van der Waals surface area (Å²) in [5.74, 6) is -3.59. The largest absolute Gasteiger partial charge is 0.369 e. The molecule has 316 valence electrons. The molecule has 0 saturated heterocycles.